The lowest BCUT2D eigenvalue weighted by molar-refractivity contribution is 0.306. The van der Waals surface area contributed by atoms with E-state index < -0.39 is 0 Å². The topological polar surface area (TPSA) is 39.1 Å². The van der Waals surface area contributed by atoms with Gasteiger partial charge in [-0.05, 0) is 25.8 Å². The van der Waals surface area contributed by atoms with Crippen molar-refractivity contribution in [3.8, 4) is 5.75 Å². The van der Waals surface area contributed by atoms with E-state index in [1.54, 1.807) is 13.3 Å². The summed E-state index contributed by atoms with van der Waals surface area (Å²) in [6, 6.07) is 0.312. The largest absolute Gasteiger partial charge is 0.493 e. The Hall–Kier alpha value is -1.03. The Labute approximate surface area is 111 Å². The van der Waals surface area contributed by atoms with Gasteiger partial charge < -0.3 is 10.1 Å². The van der Waals surface area contributed by atoms with Gasteiger partial charge in [-0.1, -0.05) is 26.7 Å². The number of hydrogen-bond acceptors (Lipinski definition) is 3. The Morgan fingerprint density at radius 2 is 1.94 bits per heavy atom. The summed E-state index contributed by atoms with van der Waals surface area (Å²) in [5, 5.41) is 7.76. The quantitative estimate of drug-likeness (QED) is 0.774. The van der Waals surface area contributed by atoms with Crippen molar-refractivity contribution in [3.05, 3.63) is 11.9 Å². The van der Waals surface area contributed by atoms with Gasteiger partial charge in [-0.3, -0.25) is 4.68 Å². The van der Waals surface area contributed by atoms with Crippen LogP contribution in [0.1, 0.15) is 51.3 Å². The lowest BCUT2D eigenvalue weighted by atomic mass is 9.88. The molecule has 104 valence electrons. The van der Waals surface area contributed by atoms with Crippen LogP contribution >= 0.6 is 0 Å². The van der Waals surface area contributed by atoms with E-state index in [2.05, 4.69) is 24.3 Å². The molecule has 0 radical (unpaired) electrons. The fourth-order valence-corrected chi connectivity index (χ4v) is 2.75. The zero-order valence-electron chi connectivity index (χ0n) is 12.4. The number of aryl methyl sites for hydroxylation is 1. The average molecular weight is 253 g/mol. The van der Waals surface area contributed by atoms with E-state index in [0.717, 1.165) is 11.4 Å². The molecule has 0 aliphatic carbocycles. The van der Waals surface area contributed by atoms with Gasteiger partial charge in [0.15, 0.2) is 5.75 Å². The predicted molar refractivity (Wildman–Crippen MR) is 74.9 cm³/mol. The summed E-state index contributed by atoms with van der Waals surface area (Å²) in [7, 11) is 5.72. The second-order valence-electron chi connectivity index (χ2n) is 4.83. The first-order chi connectivity index (χ1) is 8.69. The highest BCUT2D eigenvalue weighted by atomic mass is 16.5. The highest BCUT2D eigenvalue weighted by Crippen LogP contribution is 2.34. The molecule has 1 N–H and O–H groups in total. The summed E-state index contributed by atoms with van der Waals surface area (Å²) in [6.45, 7) is 4.49. The van der Waals surface area contributed by atoms with E-state index in [-0.39, 0.29) is 0 Å². The molecule has 0 aromatic carbocycles. The van der Waals surface area contributed by atoms with E-state index >= 15 is 0 Å². The number of methoxy groups -OCH3 is 1. The van der Waals surface area contributed by atoms with Crippen molar-refractivity contribution in [2.24, 2.45) is 13.0 Å². The van der Waals surface area contributed by atoms with Crippen LogP contribution in [0.25, 0.3) is 0 Å². The highest BCUT2D eigenvalue weighted by Gasteiger charge is 2.26. The molecule has 1 rings (SSSR count). The number of ether oxygens (including phenoxy) is 1. The molecule has 0 bridgehead atoms. The SMILES string of the molecule is CCCC(CCC)C(NC)c1c(OC)cnn1C. The molecule has 18 heavy (non-hydrogen) atoms. The fraction of sp³-hybridized carbons (Fsp3) is 0.786. The summed E-state index contributed by atoms with van der Waals surface area (Å²) >= 11 is 0. The van der Waals surface area contributed by atoms with E-state index in [1.165, 1.54) is 25.7 Å². The standard InChI is InChI=1S/C14H27N3O/c1-6-8-11(9-7-2)13(15-3)14-12(18-5)10-16-17(14)4/h10-11,13,15H,6-9H2,1-5H3. The van der Waals surface area contributed by atoms with Crippen molar-refractivity contribution >= 4 is 0 Å². The predicted octanol–water partition coefficient (Wildman–Crippen LogP) is 2.91. The van der Waals surface area contributed by atoms with Gasteiger partial charge in [-0.15, -0.1) is 0 Å². The summed E-state index contributed by atoms with van der Waals surface area (Å²) in [5.41, 5.74) is 1.16. The van der Waals surface area contributed by atoms with Crippen molar-refractivity contribution in [3.63, 3.8) is 0 Å². The van der Waals surface area contributed by atoms with Crippen LogP contribution in [0.2, 0.25) is 0 Å². The van der Waals surface area contributed by atoms with Gasteiger partial charge in [0, 0.05) is 7.05 Å². The minimum absolute atomic E-state index is 0.312. The number of nitrogens with zero attached hydrogens (tertiary/aromatic N) is 2. The first kappa shape index (κ1) is 15.0. The molecule has 4 heteroatoms. The lowest BCUT2D eigenvalue weighted by Crippen LogP contribution is -2.27. The Kier molecular flexibility index (Phi) is 6.19. The van der Waals surface area contributed by atoms with Gasteiger partial charge in [-0.25, -0.2) is 0 Å². The van der Waals surface area contributed by atoms with E-state index in [9.17, 15) is 0 Å². The smallest absolute Gasteiger partial charge is 0.161 e. The molecule has 1 aromatic rings. The second kappa shape index (κ2) is 7.41. The van der Waals surface area contributed by atoms with Gasteiger partial charge in [-0.2, -0.15) is 5.10 Å². The van der Waals surface area contributed by atoms with E-state index in [4.69, 9.17) is 4.74 Å². The van der Waals surface area contributed by atoms with Gasteiger partial charge in [0.2, 0.25) is 0 Å². The normalized spacial score (nSPS) is 13.0. The molecule has 0 fully saturated rings. The lowest BCUT2D eigenvalue weighted by Gasteiger charge is -2.27. The minimum atomic E-state index is 0.312. The molecule has 1 aromatic heterocycles. The molecule has 0 amide bonds. The van der Waals surface area contributed by atoms with Crippen molar-refractivity contribution in [1.82, 2.24) is 15.1 Å². The molecular weight excluding hydrogens is 226 g/mol. The Bertz CT molecular complexity index is 343. The van der Waals surface area contributed by atoms with Gasteiger partial charge >= 0.3 is 0 Å². The number of nitrogens with one attached hydrogen (secondary N) is 1. The summed E-state index contributed by atoms with van der Waals surface area (Å²) in [5.74, 6) is 1.52. The van der Waals surface area contributed by atoms with Crippen LogP contribution in [0.15, 0.2) is 6.20 Å². The molecule has 0 aliphatic heterocycles. The molecule has 1 atom stereocenters. The Morgan fingerprint density at radius 3 is 2.39 bits per heavy atom. The maximum absolute atomic E-state index is 5.43. The molecule has 0 aliphatic rings. The maximum Gasteiger partial charge on any atom is 0.161 e. The molecule has 0 spiro atoms. The molecule has 4 nitrogen and oxygen atoms in total. The Balaban J connectivity index is 3.01. The van der Waals surface area contributed by atoms with E-state index in [0.29, 0.717) is 12.0 Å². The molecular formula is C14H27N3O. The second-order valence-corrected chi connectivity index (χ2v) is 4.83. The fourth-order valence-electron chi connectivity index (χ4n) is 2.75. The van der Waals surface area contributed by atoms with Gasteiger partial charge in [0.05, 0.1) is 25.0 Å². The Morgan fingerprint density at radius 1 is 1.33 bits per heavy atom. The van der Waals surface area contributed by atoms with Crippen LogP contribution < -0.4 is 10.1 Å². The third-order valence-electron chi connectivity index (χ3n) is 3.57. The van der Waals surface area contributed by atoms with Crippen LogP contribution in [0, 0.1) is 5.92 Å². The molecule has 1 heterocycles. The van der Waals surface area contributed by atoms with Gasteiger partial charge in [0.1, 0.15) is 0 Å². The van der Waals surface area contributed by atoms with Crippen LogP contribution in [0.3, 0.4) is 0 Å². The van der Waals surface area contributed by atoms with Crippen LogP contribution in [0.4, 0.5) is 0 Å². The first-order valence-corrected chi connectivity index (χ1v) is 6.92. The zero-order chi connectivity index (χ0) is 13.5. The van der Waals surface area contributed by atoms with E-state index in [1.807, 2.05) is 18.8 Å². The minimum Gasteiger partial charge on any atom is -0.493 e. The number of rotatable bonds is 8. The van der Waals surface area contributed by atoms with Crippen molar-refractivity contribution < 1.29 is 4.74 Å². The number of aromatic nitrogens is 2. The van der Waals surface area contributed by atoms with Crippen molar-refractivity contribution in [2.45, 2.75) is 45.6 Å². The molecule has 1 unspecified atom stereocenters. The van der Waals surface area contributed by atoms with Crippen molar-refractivity contribution in [2.75, 3.05) is 14.2 Å². The van der Waals surface area contributed by atoms with Crippen LogP contribution in [0.5, 0.6) is 5.75 Å². The molecule has 0 saturated carbocycles. The average Bonchev–Trinajstić information content (AvgIpc) is 2.73. The summed E-state index contributed by atoms with van der Waals surface area (Å²) in [4.78, 5) is 0. The maximum atomic E-state index is 5.43. The van der Waals surface area contributed by atoms with Crippen LogP contribution in [-0.2, 0) is 7.05 Å². The van der Waals surface area contributed by atoms with Crippen LogP contribution in [-0.4, -0.2) is 23.9 Å². The summed E-state index contributed by atoms with van der Waals surface area (Å²) < 4.78 is 7.36. The molecule has 0 saturated heterocycles. The third kappa shape index (κ3) is 3.25. The first-order valence-electron chi connectivity index (χ1n) is 6.92. The zero-order valence-corrected chi connectivity index (χ0v) is 12.4. The van der Waals surface area contributed by atoms with Crippen molar-refractivity contribution in [1.29, 1.82) is 0 Å². The summed E-state index contributed by atoms with van der Waals surface area (Å²) in [6.07, 6.45) is 6.68. The monoisotopic (exact) mass is 253 g/mol. The highest BCUT2D eigenvalue weighted by molar-refractivity contribution is 5.28. The third-order valence-corrected chi connectivity index (χ3v) is 3.57. The number of hydrogen-bond donors (Lipinski definition) is 1. The van der Waals surface area contributed by atoms with Gasteiger partial charge in [0.25, 0.3) is 0 Å².